The molecular weight excluding hydrogens is 237 g/mol. The second kappa shape index (κ2) is 5.69. The number of rotatable bonds is 4. The van der Waals surface area contributed by atoms with Crippen molar-refractivity contribution < 1.29 is 0 Å². The Kier molecular flexibility index (Phi) is 4.53. The lowest BCUT2D eigenvalue weighted by Crippen LogP contribution is -2.25. The molecule has 0 radical (unpaired) electrons. The topological polar surface area (TPSA) is 65.7 Å². The molecule has 0 unspecified atom stereocenters. The van der Waals surface area contributed by atoms with Crippen molar-refractivity contribution in [2.75, 3.05) is 18.0 Å². The molecule has 0 amide bonds. The van der Waals surface area contributed by atoms with Crippen LogP contribution in [0.3, 0.4) is 0 Å². The van der Waals surface area contributed by atoms with E-state index < -0.39 is 0 Å². The van der Waals surface area contributed by atoms with Gasteiger partial charge in [0.2, 0.25) is 5.28 Å². The summed E-state index contributed by atoms with van der Waals surface area (Å²) in [6, 6.07) is 2.05. The third-order valence-corrected chi connectivity index (χ3v) is 2.18. The number of halogens is 2. The van der Waals surface area contributed by atoms with Crippen molar-refractivity contribution in [3.8, 4) is 6.07 Å². The first-order valence-electron chi connectivity index (χ1n) is 4.36. The molecule has 15 heavy (non-hydrogen) atoms. The van der Waals surface area contributed by atoms with Crippen LogP contribution in [0.5, 0.6) is 0 Å². The molecule has 80 valence electrons. The molecule has 1 rings (SSSR count). The first-order chi connectivity index (χ1) is 7.19. The van der Waals surface area contributed by atoms with Gasteiger partial charge in [-0.15, -0.1) is 10.2 Å². The SMILES string of the molecule is CCN(CCC#N)c1nc(Cl)nnc1Cl. The van der Waals surface area contributed by atoms with E-state index in [0.717, 1.165) is 0 Å². The Morgan fingerprint density at radius 2 is 2.13 bits per heavy atom. The third kappa shape index (κ3) is 3.18. The molecular formula is C8H9Cl2N5. The van der Waals surface area contributed by atoms with Gasteiger partial charge in [-0.05, 0) is 18.5 Å². The van der Waals surface area contributed by atoms with Gasteiger partial charge in [0.25, 0.3) is 0 Å². The highest BCUT2D eigenvalue weighted by molar-refractivity contribution is 6.32. The van der Waals surface area contributed by atoms with E-state index in [1.54, 1.807) is 0 Å². The van der Waals surface area contributed by atoms with Crippen LogP contribution in [0.1, 0.15) is 13.3 Å². The Morgan fingerprint density at radius 3 is 2.73 bits per heavy atom. The van der Waals surface area contributed by atoms with Crippen LogP contribution in [0.4, 0.5) is 5.82 Å². The van der Waals surface area contributed by atoms with E-state index in [1.807, 2.05) is 11.8 Å². The largest absolute Gasteiger partial charge is 0.353 e. The summed E-state index contributed by atoms with van der Waals surface area (Å²) in [7, 11) is 0. The van der Waals surface area contributed by atoms with E-state index in [0.29, 0.717) is 25.3 Å². The van der Waals surface area contributed by atoms with Crippen LogP contribution in [-0.4, -0.2) is 28.3 Å². The fourth-order valence-electron chi connectivity index (χ4n) is 1.09. The second-order valence-electron chi connectivity index (χ2n) is 2.68. The molecule has 0 aromatic carbocycles. The van der Waals surface area contributed by atoms with Crippen molar-refractivity contribution in [2.24, 2.45) is 0 Å². The van der Waals surface area contributed by atoms with E-state index >= 15 is 0 Å². The number of anilines is 1. The summed E-state index contributed by atoms with van der Waals surface area (Å²) in [6.07, 6.45) is 0.395. The molecule has 0 spiro atoms. The number of hydrogen-bond acceptors (Lipinski definition) is 5. The van der Waals surface area contributed by atoms with Gasteiger partial charge in [0.05, 0.1) is 12.5 Å². The fourth-order valence-corrected chi connectivity index (χ4v) is 1.40. The maximum Gasteiger partial charge on any atom is 0.245 e. The molecule has 1 heterocycles. The van der Waals surface area contributed by atoms with Crippen LogP contribution in [0.25, 0.3) is 0 Å². The van der Waals surface area contributed by atoms with Crippen LogP contribution in [0.2, 0.25) is 10.4 Å². The highest BCUT2D eigenvalue weighted by Crippen LogP contribution is 2.21. The van der Waals surface area contributed by atoms with Crippen LogP contribution >= 0.6 is 23.2 Å². The predicted molar refractivity (Wildman–Crippen MR) is 58.0 cm³/mol. The average Bonchev–Trinajstić information content (AvgIpc) is 2.24. The Bertz CT molecular complexity index is 376. The summed E-state index contributed by atoms with van der Waals surface area (Å²) in [5.41, 5.74) is 0. The third-order valence-electron chi connectivity index (χ3n) is 1.78. The number of nitrogens with zero attached hydrogens (tertiary/aromatic N) is 5. The highest BCUT2D eigenvalue weighted by Gasteiger charge is 2.12. The number of nitriles is 1. The average molecular weight is 246 g/mol. The molecule has 1 aromatic heterocycles. The van der Waals surface area contributed by atoms with E-state index in [1.165, 1.54) is 0 Å². The fraction of sp³-hybridized carbons (Fsp3) is 0.500. The van der Waals surface area contributed by atoms with E-state index in [4.69, 9.17) is 28.5 Å². The molecule has 0 saturated carbocycles. The van der Waals surface area contributed by atoms with Crippen LogP contribution in [-0.2, 0) is 0 Å². The first-order valence-corrected chi connectivity index (χ1v) is 5.12. The van der Waals surface area contributed by atoms with E-state index in [2.05, 4.69) is 21.3 Å². The molecule has 7 heteroatoms. The number of hydrogen-bond donors (Lipinski definition) is 0. The zero-order chi connectivity index (χ0) is 11.3. The maximum absolute atomic E-state index is 8.50. The highest BCUT2D eigenvalue weighted by atomic mass is 35.5. The lowest BCUT2D eigenvalue weighted by molar-refractivity contribution is 0.795. The van der Waals surface area contributed by atoms with Crippen molar-refractivity contribution in [1.29, 1.82) is 5.26 Å². The van der Waals surface area contributed by atoms with Gasteiger partial charge in [0.1, 0.15) is 0 Å². The van der Waals surface area contributed by atoms with Crippen LogP contribution < -0.4 is 4.90 Å². The minimum absolute atomic E-state index is 0.0461. The van der Waals surface area contributed by atoms with Gasteiger partial charge < -0.3 is 4.90 Å². The zero-order valence-electron chi connectivity index (χ0n) is 8.11. The number of aromatic nitrogens is 3. The molecule has 0 bridgehead atoms. The minimum Gasteiger partial charge on any atom is -0.353 e. The second-order valence-corrected chi connectivity index (χ2v) is 3.38. The van der Waals surface area contributed by atoms with Crippen molar-refractivity contribution >= 4 is 29.0 Å². The van der Waals surface area contributed by atoms with Crippen molar-refractivity contribution in [3.05, 3.63) is 10.4 Å². The standard InChI is InChI=1S/C8H9Cl2N5/c1-2-15(5-3-4-11)7-6(9)13-14-8(10)12-7/h2-3,5H2,1H3. The summed E-state index contributed by atoms with van der Waals surface area (Å²) in [4.78, 5) is 5.80. The first kappa shape index (κ1) is 12.0. The molecule has 5 nitrogen and oxygen atoms in total. The van der Waals surface area contributed by atoms with Crippen molar-refractivity contribution in [1.82, 2.24) is 15.2 Å². The zero-order valence-corrected chi connectivity index (χ0v) is 9.63. The Hall–Kier alpha value is -1.12. The van der Waals surface area contributed by atoms with Gasteiger partial charge in [0, 0.05) is 13.1 Å². The van der Waals surface area contributed by atoms with Gasteiger partial charge in [-0.1, -0.05) is 11.6 Å². The smallest absolute Gasteiger partial charge is 0.245 e. The van der Waals surface area contributed by atoms with Gasteiger partial charge in [0.15, 0.2) is 11.0 Å². The van der Waals surface area contributed by atoms with Crippen molar-refractivity contribution in [3.63, 3.8) is 0 Å². The van der Waals surface area contributed by atoms with E-state index in [-0.39, 0.29) is 10.4 Å². The summed E-state index contributed by atoms with van der Waals surface area (Å²) >= 11 is 11.4. The van der Waals surface area contributed by atoms with Gasteiger partial charge in [-0.2, -0.15) is 10.2 Å². The van der Waals surface area contributed by atoms with Crippen LogP contribution in [0, 0.1) is 11.3 Å². The normalized spacial score (nSPS) is 9.73. The van der Waals surface area contributed by atoms with Crippen LogP contribution in [0.15, 0.2) is 0 Å². The Balaban J connectivity index is 2.91. The summed E-state index contributed by atoms with van der Waals surface area (Å²) < 4.78 is 0. The van der Waals surface area contributed by atoms with E-state index in [9.17, 15) is 0 Å². The summed E-state index contributed by atoms with van der Waals surface area (Å²) in [5, 5.41) is 15.9. The molecule has 1 aromatic rings. The summed E-state index contributed by atoms with van der Waals surface area (Å²) in [6.45, 7) is 3.15. The quantitative estimate of drug-likeness (QED) is 0.811. The Morgan fingerprint density at radius 1 is 1.40 bits per heavy atom. The molecule has 0 aliphatic rings. The molecule has 0 saturated heterocycles. The maximum atomic E-state index is 8.50. The van der Waals surface area contributed by atoms with Gasteiger partial charge >= 0.3 is 0 Å². The molecule has 0 aliphatic heterocycles. The lowest BCUT2D eigenvalue weighted by atomic mass is 10.4. The molecule has 0 atom stereocenters. The molecule has 0 fully saturated rings. The van der Waals surface area contributed by atoms with Gasteiger partial charge in [-0.3, -0.25) is 0 Å². The predicted octanol–water partition coefficient (Wildman–Crippen LogP) is 1.92. The lowest BCUT2D eigenvalue weighted by Gasteiger charge is -2.20. The molecule has 0 aliphatic carbocycles. The minimum atomic E-state index is 0.0461. The van der Waals surface area contributed by atoms with Crippen molar-refractivity contribution in [2.45, 2.75) is 13.3 Å². The molecule has 0 N–H and O–H groups in total. The Labute approximate surface area is 97.6 Å². The summed E-state index contributed by atoms with van der Waals surface area (Å²) in [5.74, 6) is 0.467. The van der Waals surface area contributed by atoms with Gasteiger partial charge in [-0.25, -0.2) is 0 Å². The monoisotopic (exact) mass is 245 g/mol.